The number of hydrogen-bond donors (Lipinski definition) is 3. The van der Waals surface area contributed by atoms with Crippen LogP contribution in [0.2, 0.25) is 0 Å². The summed E-state index contributed by atoms with van der Waals surface area (Å²) in [5, 5.41) is 14.5. The molecule has 4 heterocycles. The third kappa shape index (κ3) is 14.7. The summed E-state index contributed by atoms with van der Waals surface area (Å²) in [6, 6.07) is 20.4. The lowest BCUT2D eigenvalue weighted by Gasteiger charge is -2.41. The highest BCUT2D eigenvalue weighted by Crippen LogP contribution is 2.35. The minimum Gasteiger partial charge on any atom is -0.491 e. The molecule has 0 radical (unpaired) electrons. The predicted octanol–water partition coefficient (Wildman–Crippen LogP) is 6.44. The fourth-order valence-electron chi connectivity index (χ4n) is 11.0. The summed E-state index contributed by atoms with van der Waals surface area (Å²) in [7, 11) is 5.86. The van der Waals surface area contributed by atoms with Crippen LogP contribution in [0.5, 0.6) is 5.75 Å². The number of likely N-dealkylation sites (tertiary alicyclic amines) is 2. The van der Waals surface area contributed by atoms with Gasteiger partial charge in [-0.2, -0.15) is 5.10 Å². The second kappa shape index (κ2) is 26.5. The zero-order valence-electron chi connectivity index (χ0n) is 42.8. The molecule has 0 unspecified atom stereocenters. The summed E-state index contributed by atoms with van der Waals surface area (Å²) in [6.07, 6.45) is 16.5. The molecule has 2 aliphatic carbocycles. The van der Waals surface area contributed by atoms with Crippen LogP contribution in [0.4, 0.5) is 11.8 Å². The van der Waals surface area contributed by atoms with Crippen LogP contribution in [-0.4, -0.2) is 159 Å². The van der Waals surface area contributed by atoms with Crippen molar-refractivity contribution in [1.29, 1.82) is 0 Å². The van der Waals surface area contributed by atoms with Crippen LogP contribution in [0.3, 0.4) is 0 Å². The van der Waals surface area contributed by atoms with Crippen LogP contribution in [0.15, 0.2) is 73.1 Å². The molecule has 2 saturated carbocycles. The molecule has 8 rings (SSSR count). The Morgan fingerprint density at radius 1 is 0.817 bits per heavy atom. The molecule has 4 aliphatic rings. The van der Waals surface area contributed by atoms with E-state index in [9.17, 15) is 9.59 Å². The fraction of sp³-hybridized carbons (Fsp3) is 0.618. The number of carbonyl (C=O) groups excluding carboxylic acids is 2. The minimum absolute atomic E-state index is 0.0871. The number of amides is 2. The van der Waals surface area contributed by atoms with Gasteiger partial charge in [-0.1, -0.05) is 61.7 Å². The SMILES string of the molecule is CN[C@@H](C)C(=O)N[C@H](C(=O)N1CC[C@@H]2CCN(CCc3ccc(OCCOCCOCCOC4CCC(Nc5nccc(-c6cnn(Cc7ccccc7)c6N(C)C)n5)CC4)cc3)C[C@@H]21)C1CCCCC1. The molecular weight excluding hydrogens is 897 g/mol. The van der Waals surface area contributed by atoms with Crippen molar-refractivity contribution in [3.05, 3.63) is 84.2 Å². The number of fused-ring (bicyclic) bond motifs is 1. The van der Waals surface area contributed by atoms with Gasteiger partial charge < -0.3 is 49.6 Å². The Kier molecular flexibility index (Phi) is 19.5. The number of rotatable bonds is 25. The summed E-state index contributed by atoms with van der Waals surface area (Å²) in [5.74, 6) is 3.27. The molecule has 71 heavy (non-hydrogen) atoms. The molecule has 2 amide bonds. The van der Waals surface area contributed by atoms with Crippen molar-refractivity contribution in [3.63, 3.8) is 0 Å². The first-order valence-corrected chi connectivity index (χ1v) is 26.6. The third-order valence-corrected chi connectivity index (χ3v) is 15.2. The van der Waals surface area contributed by atoms with Crippen LogP contribution in [0.1, 0.15) is 88.7 Å². The molecular formula is C55H80N10O6. The smallest absolute Gasteiger partial charge is 0.245 e. The average Bonchev–Trinajstić information content (AvgIpc) is 4.03. The first-order chi connectivity index (χ1) is 34.7. The van der Waals surface area contributed by atoms with E-state index in [1.807, 2.05) is 62.4 Å². The Bertz CT molecular complexity index is 2230. The maximum Gasteiger partial charge on any atom is 0.245 e. The predicted molar refractivity (Wildman–Crippen MR) is 278 cm³/mol. The number of nitrogens with zero attached hydrogens (tertiary/aromatic N) is 7. The highest BCUT2D eigenvalue weighted by molar-refractivity contribution is 5.90. The topological polar surface area (TPSA) is 160 Å². The van der Waals surface area contributed by atoms with Crippen molar-refractivity contribution >= 4 is 23.6 Å². The van der Waals surface area contributed by atoms with Crippen LogP contribution < -0.4 is 25.6 Å². The molecule has 2 aliphatic heterocycles. The quantitative estimate of drug-likeness (QED) is 0.0624. The first kappa shape index (κ1) is 52.2. The number of likely N-dealkylation sites (N-methyl/N-ethyl adjacent to an activating group) is 1. The van der Waals surface area contributed by atoms with E-state index < -0.39 is 6.04 Å². The zero-order chi connectivity index (χ0) is 49.4. The van der Waals surface area contributed by atoms with E-state index >= 15 is 0 Å². The Morgan fingerprint density at radius 2 is 1.55 bits per heavy atom. The van der Waals surface area contributed by atoms with E-state index in [1.54, 1.807) is 7.05 Å². The molecule has 0 bridgehead atoms. The van der Waals surface area contributed by atoms with E-state index in [-0.39, 0.29) is 35.9 Å². The van der Waals surface area contributed by atoms with Crippen LogP contribution >= 0.6 is 0 Å². The molecule has 16 heteroatoms. The number of piperidine rings is 1. The maximum absolute atomic E-state index is 14.2. The highest BCUT2D eigenvalue weighted by Gasteiger charge is 2.44. The monoisotopic (exact) mass is 977 g/mol. The minimum atomic E-state index is -0.432. The summed E-state index contributed by atoms with van der Waals surface area (Å²) in [5.41, 5.74) is 4.29. The maximum atomic E-state index is 14.2. The molecule has 4 atom stereocenters. The van der Waals surface area contributed by atoms with Gasteiger partial charge in [0.2, 0.25) is 17.8 Å². The van der Waals surface area contributed by atoms with E-state index in [0.717, 1.165) is 120 Å². The fourth-order valence-corrected chi connectivity index (χ4v) is 11.0. The molecule has 3 N–H and O–H groups in total. The van der Waals surface area contributed by atoms with E-state index in [1.165, 1.54) is 17.5 Å². The molecule has 4 aromatic rings. The van der Waals surface area contributed by atoms with Crippen molar-refractivity contribution in [3.8, 4) is 17.0 Å². The Labute approximate surface area is 421 Å². The van der Waals surface area contributed by atoms with Gasteiger partial charge in [0.1, 0.15) is 24.2 Å². The molecule has 2 aromatic carbocycles. The average molecular weight is 977 g/mol. The van der Waals surface area contributed by atoms with Crippen molar-refractivity contribution in [2.24, 2.45) is 11.8 Å². The highest BCUT2D eigenvalue weighted by atomic mass is 16.6. The second-order valence-corrected chi connectivity index (χ2v) is 20.3. The summed E-state index contributed by atoms with van der Waals surface area (Å²) < 4.78 is 25.7. The van der Waals surface area contributed by atoms with Crippen LogP contribution in [0, 0.1) is 11.8 Å². The lowest BCUT2D eigenvalue weighted by molar-refractivity contribution is -0.140. The van der Waals surface area contributed by atoms with Gasteiger partial charge in [-0.25, -0.2) is 14.6 Å². The van der Waals surface area contributed by atoms with Crippen LogP contribution in [-0.2, 0) is 36.8 Å². The Morgan fingerprint density at radius 3 is 2.30 bits per heavy atom. The first-order valence-electron chi connectivity index (χ1n) is 26.6. The summed E-state index contributed by atoms with van der Waals surface area (Å²) in [4.78, 5) is 43.4. The number of anilines is 2. The van der Waals surface area contributed by atoms with Gasteiger partial charge in [0.05, 0.1) is 69.2 Å². The van der Waals surface area contributed by atoms with Crippen molar-refractivity contribution < 1.29 is 28.5 Å². The standard InChI is InChI=1S/C55H80N10O6/c1-40(56-2)52(66)61-51(44-13-9-6-10-14-44)54(67)64-30-26-43-25-29-63(39-50(43)64)28-24-41-15-19-46(20-16-41)70-35-33-68-31-32-69-34-36-71-47-21-17-45(18-22-47)59-55-57-27-23-49(60-55)48-37-58-65(53(48)62(3)4)38-42-11-7-5-8-12-42/h5,7-8,11-12,15-16,19-20,23,27,37,40,43-45,47,50-51,56H,6,9-10,13-14,17-18,21-22,24-26,28-36,38-39H2,1-4H3,(H,61,66)(H,57,59,60)/t40-,43-,45?,47?,50-,51-/m0/s1. The normalized spacial score (nSPS) is 21.6. The second-order valence-electron chi connectivity index (χ2n) is 20.3. The number of ether oxygens (including phenoxy) is 4. The van der Waals surface area contributed by atoms with Gasteiger partial charge in [0.15, 0.2) is 0 Å². The third-order valence-electron chi connectivity index (χ3n) is 15.2. The number of benzene rings is 2. The molecule has 16 nitrogen and oxygen atoms in total. The van der Waals surface area contributed by atoms with Crippen molar-refractivity contribution in [2.45, 2.75) is 121 Å². The van der Waals surface area contributed by atoms with E-state index in [2.05, 4.69) is 72.0 Å². The molecule has 0 spiro atoms. The Balaban J connectivity index is 0.660. The zero-order valence-corrected chi connectivity index (χ0v) is 42.8. The van der Waals surface area contributed by atoms with E-state index in [4.69, 9.17) is 29.0 Å². The van der Waals surface area contributed by atoms with Crippen LogP contribution in [0.25, 0.3) is 11.3 Å². The summed E-state index contributed by atoms with van der Waals surface area (Å²) in [6.45, 7) is 9.33. The molecule has 2 saturated heterocycles. The number of aromatic nitrogens is 4. The summed E-state index contributed by atoms with van der Waals surface area (Å²) >= 11 is 0. The largest absolute Gasteiger partial charge is 0.491 e. The lowest BCUT2D eigenvalue weighted by Crippen LogP contribution is -2.58. The van der Waals surface area contributed by atoms with Gasteiger partial charge in [-0.3, -0.25) is 9.59 Å². The van der Waals surface area contributed by atoms with E-state index in [0.29, 0.717) is 64.1 Å². The van der Waals surface area contributed by atoms with Gasteiger partial charge in [0.25, 0.3) is 0 Å². The van der Waals surface area contributed by atoms with Gasteiger partial charge in [-0.15, -0.1) is 0 Å². The lowest BCUT2D eigenvalue weighted by atomic mass is 9.83. The molecule has 386 valence electrons. The number of nitrogens with one attached hydrogen (secondary N) is 3. The molecule has 2 aromatic heterocycles. The van der Waals surface area contributed by atoms with Crippen molar-refractivity contribution in [2.75, 3.05) is 97.2 Å². The molecule has 4 fully saturated rings. The number of hydrogen-bond acceptors (Lipinski definition) is 13. The van der Waals surface area contributed by atoms with Gasteiger partial charge in [-0.05, 0) is 119 Å². The Hall–Kier alpha value is -5.13. The van der Waals surface area contributed by atoms with Crippen molar-refractivity contribution in [1.82, 2.24) is 40.2 Å². The number of carbonyl (C=O) groups is 2. The van der Waals surface area contributed by atoms with Gasteiger partial charge in [0, 0.05) is 52.0 Å². The van der Waals surface area contributed by atoms with Gasteiger partial charge >= 0.3 is 0 Å².